The summed E-state index contributed by atoms with van der Waals surface area (Å²) in [6, 6.07) is 23.2. The van der Waals surface area contributed by atoms with Crippen LogP contribution in [0.4, 0.5) is 11.4 Å². The van der Waals surface area contributed by atoms with Crippen molar-refractivity contribution >= 4 is 23.2 Å². The predicted octanol–water partition coefficient (Wildman–Crippen LogP) is 3.97. The largest absolute Gasteiger partial charge is 0.371 e. The number of para-hydroxylation sites is 1. The van der Waals surface area contributed by atoms with Crippen molar-refractivity contribution in [2.75, 3.05) is 24.5 Å². The number of nitro groups is 1. The van der Waals surface area contributed by atoms with E-state index in [0.717, 1.165) is 24.9 Å². The van der Waals surface area contributed by atoms with Gasteiger partial charge in [0, 0.05) is 49.1 Å². The predicted molar refractivity (Wildman–Crippen MR) is 135 cm³/mol. The van der Waals surface area contributed by atoms with Gasteiger partial charge in [0.05, 0.1) is 10.5 Å². The van der Waals surface area contributed by atoms with Gasteiger partial charge in [-0.15, -0.1) is 0 Å². The van der Waals surface area contributed by atoms with Crippen molar-refractivity contribution in [1.29, 1.82) is 0 Å². The Labute approximate surface area is 204 Å². The van der Waals surface area contributed by atoms with Crippen LogP contribution in [0.25, 0.3) is 0 Å². The molecule has 0 bridgehead atoms. The second-order valence-corrected chi connectivity index (χ2v) is 8.55. The molecule has 2 amide bonds. The van der Waals surface area contributed by atoms with Crippen molar-refractivity contribution < 1.29 is 14.5 Å². The zero-order chi connectivity index (χ0) is 24.6. The lowest BCUT2D eigenvalue weighted by molar-refractivity contribution is -0.384. The monoisotopic (exact) mass is 472 g/mol. The van der Waals surface area contributed by atoms with Crippen LogP contribution in [0.3, 0.4) is 0 Å². The standard InChI is InChI=1S/C27H28N4O4/c32-26(21-10-12-23(13-11-21)31(34)35)29-22-15-18-30(19-16-22)25-9-5-4-8-24(25)27(33)28-17-14-20-6-2-1-3-7-20/h1-13,22H,14-19H2,(H,28,33)(H,29,32). The molecule has 2 N–H and O–H groups in total. The molecule has 0 saturated carbocycles. The first kappa shape index (κ1) is 23.9. The third-order valence-corrected chi connectivity index (χ3v) is 6.20. The van der Waals surface area contributed by atoms with Crippen LogP contribution in [0.5, 0.6) is 0 Å². The second kappa shape index (κ2) is 11.3. The molecule has 1 heterocycles. The number of nitro benzene ring substituents is 1. The smallest absolute Gasteiger partial charge is 0.269 e. The number of nitrogens with zero attached hydrogens (tertiary/aromatic N) is 2. The fraction of sp³-hybridized carbons (Fsp3) is 0.259. The molecule has 1 saturated heterocycles. The van der Waals surface area contributed by atoms with Gasteiger partial charge in [-0.2, -0.15) is 0 Å². The van der Waals surface area contributed by atoms with Crippen molar-refractivity contribution in [3.63, 3.8) is 0 Å². The number of hydrogen-bond donors (Lipinski definition) is 2. The quantitative estimate of drug-likeness (QED) is 0.381. The first-order chi connectivity index (χ1) is 17.0. The Hall–Kier alpha value is -4.20. The molecule has 0 unspecified atom stereocenters. The highest BCUT2D eigenvalue weighted by Crippen LogP contribution is 2.24. The number of anilines is 1. The summed E-state index contributed by atoms with van der Waals surface area (Å²) < 4.78 is 0. The molecule has 8 heteroatoms. The number of amides is 2. The molecule has 0 spiro atoms. The first-order valence-electron chi connectivity index (χ1n) is 11.7. The SMILES string of the molecule is O=C(NC1CCN(c2ccccc2C(=O)NCCc2ccccc2)CC1)c1ccc([N+](=O)[O-])cc1. The topological polar surface area (TPSA) is 105 Å². The van der Waals surface area contributed by atoms with Crippen LogP contribution in [-0.4, -0.2) is 42.4 Å². The lowest BCUT2D eigenvalue weighted by Crippen LogP contribution is -2.45. The van der Waals surface area contributed by atoms with Crippen molar-refractivity contribution in [2.45, 2.75) is 25.3 Å². The maximum absolute atomic E-state index is 12.9. The van der Waals surface area contributed by atoms with E-state index in [1.54, 1.807) is 0 Å². The van der Waals surface area contributed by atoms with Crippen LogP contribution >= 0.6 is 0 Å². The Morgan fingerprint density at radius 3 is 2.23 bits per heavy atom. The zero-order valence-electron chi connectivity index (χ0n) is 19.4. The fourth-order valence-electron chi connectivity index (χ4n) is 4.27. The number of carbonyl (C=O) groups is 2. The third kappa shape index (κ3) is 6.23. The van der Waals surface area contributed by atoms with E-state index in [-0.39, 0.29) is 23.5 Å². The molecule has 4 rings (SSSR count). The van der Waals surface area contributed by atoms with Crippen LogP contribution in [-0.2, 0) is 6.42 Å². The minimum absolute atomic E-state index is 0.000744. The Bertz CT molecular complexity index is 1170. The maximum Gasteiger partial charge on any atom is 0.269 e. The van der Waals surface area contributed by atoms with Crippen molar-refractivity contribution in [2.24, 2.45) is 0 Å². The third-order valence-electron chi connectivity index (χ3n) is 6.20. The van der Waals surface area contributed by atoms with Gasteiger partial charge in [-0.05, 0) is 49.1 Å². The van der Waals surface area contributed by atoms with Gasteiger partial charge in [-0.1, -0.05) is 42.5 Å². The van der Waals surface area contributed by atoms with Crippen LogP contribution in [0.2, 0.25) is 0 Å². The van der Waals surface area contributed by atoms with E-state index in [1.165, 1.54) is 29.8 Å². The number of rotatable bonds is 8. The van der Waals surface area contributed by atoms with E-state index in [1.807, 2.05) is 54.6 Å². The summed E-state index contributed by atoms with van der Waals surface area (Å²) >= 11 is 0. The van der Waals surface area contributed by atoms with E-state index in [2.05, 4.69) is 15.5 Å². The molecular formula is C27H28N4O4. The molecule has 8 nitrogen and oxygen atoms in total. The second-order valence-electron chi connectivity index (χ2n) is 8.55. The van der Waals surface area contributed by atoms with Crippen LogP contribution in [0.15, 0.2) is 78.9 Å². The van der Waals surface area contributed by atoms with E-state index >= 15 is 0 Å². The minimum Gasteiger partial charge on any atom is -0.371 e. The highest BCUT2D eigenvalue weighted by molar-refractivity contribution is 6.00. The summed E-state index contributed by atoms with van der Waals surface area (Å²) in [5.41, 5.74) is 3.07. The molecular weight excluding hydrogens is 444 g/mol. The number of nitrogens with one attached hydrogen (secondary N) is 2. The molecule has 3 aromatic carbocycles. The molecule has 0 atom stereocenters. The van der Waals surface area contributed by atoms with Crippen LogP contribution in [0.1, 0.15) is 39.1 Å². The first-order valence-corrected chi connectivity index (χ1v) is 11.7. The minimum atomic E-state index is -0.487. The molecule has 1 aliphatic rings. The number of benzene rings is 3. The highest BCUT2D eigenvalue weighted by atomic mass is 16.6. The van der Waals surface area contributed by atoms with Crippen molar-refractivity contribution in [3.05, 3.63) is 106 Å². The summed E-state index contributed by atoms with van der Waals surface area (Å²) in [4.78, 5) is 37.9. The molecule has 0 aliphatic carbocycles. The molecule has 180 valence electrons. The zero-order valence-corrected chi connectivity index (χ0v) is 19.4. The summed E-state index contributed by atoms with van der Waals surface area (Å²) in [5, 5.41) is 16.8. The molecule has 1 aliphatic heterocycles. The van der Waals surface area contributed by atoms with Crippen LogP contribution < -0.4 is 15.5 Å². The van der Waals surface area contributed by atoms with E-state index in [4.69, 9.17) is 0 Å². The average Bonchev–Trinajstić information content (AvgIpc) is 2.90. The Kier molecular flexibility index (Phi) is 7.72. The lowest BCUT2D eigenvalue weighted by Gasteiger charge is -2.35. The Morgan fingerprint density at radius 2 is 1.54 bits per heavy atom. The van der Waals surface area contributed by atoms with Gasteiger partial charge in [-0.25, -0.2) is 0 Å². The van der Waals surface area contributed by atoms with Gasteiger partial charge in [0.1, 0.15) is 0 Å². The normalized spacial score (nSPS) is 13.8. The summed E-state index contributed by atoms with van der Waals surface area (Å²) in [7, 11) is 0. The van der Waals surface area contributed by atoms with E-state index in [0.29, 0.717) is 30.8 Å². The van der Waals surface area contributed by atoms with Gasteiger partial charge < -0.3 is 15.5 Å². The summed E-state index contributed by atoms with van der Waals surface area (Å²) in [6.07, 6.45) is 2.25. The summed E-state index contributed by atoms with van der Waals surface area (Å²) in [6.45, 7) is 1.98. The number of non-ortho nitro benzene ring substituents is 1. The van der Waals surface area contributed by atoms with Crippen LogP contribution in [0, 0.1) is 10.1 Å². The van der Waals surface area contributed by atoms with Gasteiger partial charge in [0.25, 0.3) is 17.5 Å². The van der Waals surface area contributed by atoms with Gasteiger partial charge in [0.2, 0.25) is 0 Å². The Morgan fingerprint density at radius 1 is 0.886 bits per heavy atom. The lowest BCUT2D eigenvalue weighted by atomic mass is 10.0. The number of piperidine rings is 1. The fourth-order valence-corrected chi connectivity index (χ4v) is 4.27. The van der Waals surface area contributed by atoms with Gasteiger partial charge in [0.15, 0.2) is 0 Å². The van der Waals surface area contributed by atoms with Gasteiger partial charge in [-0.3, -0.25) is 19.7 Å². The highest BCUT2D eigenvalue weighted by Gasteiger charge is 2.24. The van der Waals surface area contributed by atoms with E-state index < -0.39 is 4.92 Å². The molecule has 0 radical (unpaired) electrons. The molecule has 35 heavy (non-hydrogen) atoms. The Balaban J connectivity index is 1.30. The molecule has 1 fully saturated rings. The van der Waals surface area contributed by atoms with Gasteiger partial charge >= 0.3 is 0 Å². The molecule has 3 aromatic rings. The molecule has 0 aromatic heterocycles. The van der Waals surface area contributed by atoms with E-state index in [9.17, 15) is 19.7 Å². The van der Waals surface area contributed by atoms with Crippen molar-refractivity contribution in [3.8, 4) is 0 Å². The van der Waals surface area contributed by atoms with Crippen molar-refractivity contribution in [1.82, 2.24) is 10.6 Å². The number of carbonyl (C=O) groups excluding carboxylic acids is 2. The maximum atomic E-state index is 12.9. The number of hydrogen-bond acceptors (Lipinski definition) is 5. The summed E-state index contributed by atoms with van der Waals surface area (Å²) in [5.74, 6) is -0.332. The average molecular weight is 473 g/mol.